The van der Waals surface area contributed by atoms with Gasteiger partial charge in [0.1, 0.15) is 10.5 Å². The molecule has 1 saturated heterocycles. The fourth-order valence-corrected chi connectivity index (χ4v) is 4.81. The van der Waals surface area contributed by atoms with Gasteiger partial charge in [-0.25, -0.2) is 4.98 Å². The lowest BCUT2D eigenvalue weighted by molar-refractivity contribution is 0.360. The highest BCUT2D eigenvalue weighted by Gasteiger charge is 2.19. The van der Waals surface area contributed by atoms with Gasteiger partial charge in [0.2, 0.25) is 11.4 Å². The molecule has 0 radical (unpaired) electrons. The zero-order chi connectivity index (χ0) is 18.5. The lowest BCUT2D eigenvalue weighted by atomic mass is 10.2. The summed E-state index contributed by atoms with van der Waals surface area (Å²) in [7, 11) is 2.13. The van der Waals surface area contributed by atoms with Crippen LogP contribution in [0.3, 0.4) is 0 Å². The Hall–Kier alpha value is -2.42. The largest absolute Gasteiger partial charge is 0.393 e. The van der Waals surface area contributed by atoms with E-state index in [0.29, 0.717) is 17.0 Å². The molecule has 3 aromatic heterocycles. The van der Waals surface area contributed by atoms with Gasteiger partial charge in [0, 0.05) is 25.8 Å². The van der Waals surface area contributed by atoms with Crippen LogP contribution in [0, 0.1) is 0 Å². The van der Waals surface area contributed by atoms with Gasteiger partial charge in [-0.05, 0) is 32.1 Å². The summed E-state index contributed by atoms with van der Waals surface area (Å²) in [4.78, 5) is 27.4. The van der Waals surface area contributed by atoms with Crippen molar-refractivity contribution in [2.75, 3.05) is 43.9 Å². The molecule has 1 aliphatic rings. The minimum atomic E-state index is -0.196. The number of hydrogen-bond acceptors (Lipinski definition) is 7. The summed E-state index contributed by atoms with van der Waals surface area (Å²) in [5.41, 5.74) is 7.87. The van der Waals surface area contributed by atoms with E-state index in [-0.39, 0.29) is 23.5 Å². The lowest BCUT2D eigenvalue weighted by Gasteiger charge is -2.20. The average molecular weight is 417 g/mol. The first kappa shape index (κ1) is 18.9. The summed E-state index contributed by atoms with van der Waals surface area (Å²) in [6.45, 7) is 3.83. The molecule has 0 aliphatic carbocycles. The van der Waals surface area contributed by atoms with Crippen LogP contribution in [0.4, 0.5) is 11.6 Å². The number of rotatable bonds is 1. The van der Waals surface area contributed by atoms with Gasteiger partial charge in [0.25, 0.3) is 0 Å². The standard InChI is InChI=1S/C19H20N6OS.ClH/c1-23-7-4-8-24(10-9-23)19-21-11-12-16(26)15(20)18-25(17(12)22-19)13-5-2-3-6-14(13)27-18;/h2-3,5-6,11H,4,7-10,20H2,1H3;1H. The maximum absolute atomic E-state index is 12.8. The van der Waals surface area contributed by atoms with Gasteiger partial charge < -0.3 is 15.5 Å². The Morgan fingerprint density at radius 1 is 1.14 bits per heavy atom. The summed E-state index contributed by atoms with van der Waals surface area (Å²) in [6, 6.07) is 8.05. The van der Waals surface area contributed by atoms with E-state index in [9.17, 15) is 4.79 Å². The van der Waals surface area contributed by atoms with Crippen molar-refractivity contribution in [3.63, 3.8) is 0 Å². The number of anilines is 2. The summed E-state index contributed by atoms with van der Waals surface area (Å²) >= 11 is 1.52. The number of aromatic nitrogens is 3. The topological polar surface area (TPSA) is 79.8 Å². The number of pyridine rings is 1. The Kier molecular flexibility index (Phi) is 4.86. The molecule has 0 saturated carbocycles. The molecular weight excluding hydrogens is 396 g/mol. The van der Waals surface area contributed by atoms with Crippen LogP contribution in [0.15, 0.2) is 35.3 Å². The van der Waals surface area contributed by atoms with Crippen molar-refractivity contribution in [1.82, 2.24) is 19.3 Å². The normalized spacial score (nSPS) is 15.8. The molecule has 7 nitrogen and oxygen atoms in total. The third kappa shape index (κ3) is 2.88. The minimum Gasteiger partial charge on any atom is -0.393 e. The van der Waals surface area contributed by atoms with Crippen LogP contribution in [-0.4, -0.2) is 52.5 Å². The molecule has 0 spiro atoms. The Bertz CT molecular complexity index is 1240. The molecule has 0 amide bonds. The number of nitrogens with two attached hydrogens (primary N) is 1. The van der Waals surface area contributed by atoms with Crippen LogP contribution in [0.1, 0.15) is 6.42 Å². The Balaban J connectivity index is 0.00000192. The van der Waals surface area contributed by atoms with Crippen LogP contribution in [0.2, 0.25) is 0 Å². The molecule has 4 aromatic rings. The number of nitrogen functional groups attached to an aromatic ring is 1. The van der Waals surface area contributed by atoms with E-state index in [0.717, 1.165) is 47.6 Å². The van der Waals surface area contributed by atoms with E-state index in [2.05, 4.69) is 21.8 Å². The first-order valence-electron chi connectivity index (χ1n) is 9.05. The number of benzene rings is 1. The van der Waals surface area contributed by atoms with E-state index in [4.69, 9.17) is 10.7 Å². The first-order valence-corrected chi connectivity index (χ1v) is 9.87. The van der Waals surface area contributed by atoms with Gasteiger partial charge in [0.15, 0.2) is 5.65 Å². The number of likely N-dealkylation sites (N-methyl/N-ethyl adjacent to an activating group) is 1. The third-order valence-electron chi connectivity index (χ3n) is 5.21. The molecule has 0 unspecified atom stereocenters. The molecule has 28 heavy (non-hydrogen) atoms. The molecular formula is C19H21ClN6OS. The fraction of sp³-hybridized carbons (Fsp3) is 0.316. The van der Waals surface area contributed by atoms with E-state index in [1.165, 1.54) is 11.3 Å². The molecule has 1 aromatic carbocycles. The number of nitrogens with zero attached hydrogens (tertiary/aromatic N) is 5. The number of fused-ring (bicyclic) bond motifs is 5. The molecule has 2 N–H and O–H groups in total. The second-order valence-electron chi connectivity index (χ2n) is 7.00. The quantitative estimate of drug-likeness (QED) is 0.513. The molecule has 9 heteroatoms. The second kappa shape index (κ2) is 7.20. The molecule has 1 fully saturated rings. The monoisotopic (exact) mass is 416 g/mol. The highest BCUT2D eigenvalue weighted by molar-refractivity contribution is 7.24. The molecule has 1 aliphatic heterocycles. The summed E-state index contributed by atoms with van der Waals surface area (Å²) in [5, 5.41) is 0.462. The number of halogens is 1. The van der Waals surface area contributed by atoms with Crippen molar-refractivity contribution in [2.24, 2.45) is 0 Å². The fourth-order valence-electron chi connectivity index (χ4n) is 3.71. The van der Waals surface area contributed by atoms with Gasteiger partial charge in [-0.3, -0.25) is 9.20 Å². The molecule has 146 valence electrons. The van der Waals surface area contributed by atoms with Crippen LogP contribution in [-0.2, 0) is 0 Å². The predicted molar refractivity (Wildman–Crippen MR) is 118 cm³/mol. The van der Waals surface area contributed by atoms with Crippen LogP contribution in [0.25, 0.3) is 26.1 Å². The highest BCUT2D eigenvalue weighted by Crippen LogP contribution is 2.31. The maximum atomic E-state index is 12.8. The first-order chi connectivity index (χ1) is 13.1. The number of hydrogen-bond donors (Lipinski definition) is 1. The van der Waals surface area contributed by atoms with Gasteiger partial charge in [-0.15, -0.1) is 23.7 Å². The lowest BCUT2D eigenvalue weighted by Crippen LogP contribution is -2.30. The Labute approximate surface area is 171 Å². The van der Waals surface area contributed by atoms with E-state index < -0.39 is 0 Å². The number of para-hydroxylation sites is 1. The van der Waals surface area contributed by atoms with E-state index in [1.807, 2.05) is 28.7 Å². The van der Waals surface area contributed by atoms with Gasteiger partial charge in [-0.2, -0.15) is 4.98 Å². The molecule has 0 atom stereocenters. The minimum absolute atomic E-state index is 0. The predicted octanol–water partition coefficient (Wildman–Crippen LogP) is 2.60. The maximum Gasteiger partial charge on any atom is 0.227 e. The zero-order valence-electron chi connectivity index (χ0n) is 15.5. The van der Waals surface area contributed by atoms with Gasteiger partial charge in [0.05, 0.1) is 15.6 Å². The molecule has 5 rings (SSSR count). The van der Waals surface area contributed by atoms with E-state index in [1.54, 1.807) is 6.20 Å². The van der Waals surface area contributed by atoms with Crippen molar-refractivity contribution < 1.29 is 0 Å². The van der Waals surface area contributed by atoms with Crippen LogP contribution >= 0.6 is 23.7 Å². The van der Waals surface area contributed by atoms with Crippen molar-refractivity contribution in [1.29, 1.82) is 0 Å². The SMILES string of the molecule is CN1CCCN(c2ncc3c(=O)c(N)c4sc5ccccc5n4c3n2)CC1.Cl. The van der Waals surface area contributed by atoms with Crippen molar-refractivity contribution in [3.05, 3.63) is 40.7 Å². The molecule has 0 bridgehead atoms. The second-order valence-corrected chi connectivity index (χ2v) is 8.03. The molecule has 4 heterocycles. The van der Waals surface area contributed by atoms with Crippen molar-refractivity contribution >= 4 is 61.5 Å². The number of thiazole rings is 1. The Morgan fingerprint density at radius 3 is 2.82 bits per heavy atom. The highest BCUT2D eigenvalue weighted by atomic mass is 35.5. The average Bonchev–Trinajstić information content (AvgIpc) is 2.94. The smallest absolute Gasteiger partial charge is 0.227 e. The van der Waals surface area contributed by atoms with E-state index >= 15 is 0 Å². The van der Waals surface area contributed by atoms with Crippen molar-refractivity contribution in [2.45, 2.75) is 6.42 Å². The summed E-state index contributed by atoms with van der Waals surface area (Å²) < 4.78 is 3.08. The van der Waals surface area contributed by atoms with Gasteiger partial charge >= 0.3 is 0 Å². The Morgan fingerprint density at radius 2 is 1.96 bits per heavy atom. The summed E-state index contributed by atoms with van der Waals surface area (Å²) in [5.74, 6) is 0.672. The van der Waals surface area contributed by atoms with Gasteiger partial charge in [-0.1, -0.05) is 12.1 Å². The van der Waals surface area contributed by atoms with Crippen molar-refractivity contribution in [3.8, 4) is 0 Å². The van der Waals surface area contributed by atoms with Crippen LogP contribution < -0.4 is 16.1 Å². The zero-order valence-corrected chi connectivity index (χ0v) is 17.1. The third-order valence-corrected chi connectivity index (χ3v) is 6.37. The summed E-state index contributed by atoms with van der Waals surface area (Å²) in [6.07, 6.45) is 2.69. The van der Waals surface area contributed by atoms with Crippen LogP contribution in [0.5, 0.6) is 0 Å².